The number of aromatic amines is 1. The summed E-state index contributed by atoms with van der Waals surface area (Å²) < 4.78 is 5.24. The van der Waals surface area contributed by atoms with Crippen LogP contribution in [-0.2, 0) is 4.74 Å². The lowest BCUT2D eigenvalue weighted by Gasteiger charge is -2.20. The summed E-state index contributed by atoms with van der Waals surface area (Å²) in [4.78, 5) is 11.8. The third kappa shape index (κ3) is 3.28. The average molecular weight is 274 g/mol. The van der Waals surface area contributed by atoms with Gasteiger partial charge in [0.2, 0.25) is 0 Å². The van der Waals surface area contributed by atoms with Gasteiger partial charge in [-0.25, -0.2) is 4.79 Å². The molecule has 0 spiro atoms. The van der Waals surface area contributed by atoms with E-state index in [-0.39, 0.29) is 0 Å². The van der Waals surface area contributed by atoms with Crippen LogP contribution in [0.4, 0.5) is 16.2 Å². The summed E-state index contributed by atoms with van der Waals surface area (Å²) in [6.45, 7) is 5.43. The minimum absolute atomic E-state index is 0.511. The molecular formula is C14H18N4O2. The molecule has 0 fully saturated rings. The Kier molecular flexibility index (Phi) is 3.65. The maximum Gasteiger partial charge on any atom is 0.412 e. The first kappa shape index (κ1) is 13.9. The van der Waals surface area contributed by atoms with Crippen LogP contribution in [-0.4, -0.2) is 21.9 Å². The van der Waals surface area contributed by atoms with E-state index in [1.807, 2.05) is 39.0 Å². The van der Waals surface area contributed by atoms with Gasteiger partial charge < -0.3 is 10.5 Å². The number of aromatic nitrogens is 2. The molecule has 1 heterocycles. The summed E-state index contributed by atoms with van der Waals surface area (Å²) in [7, 11) is 0. The molecule has 4 N–H and O–H groups in total. The Morgan fingerprint density at radius 3 is 2.65 bits per heavy atom. The van der Waals surface area contributed by atoms with Gasteiger partial charge in [-0.05, 0) is 26.8 Å². The SMILES string of the molecule is CC(C)(C)OC(=O)Nc1ccccc1-c1[nH]ncc1N. The number of nitrogens with one attached hydrogen (secondary N) is 2. The van der Waals surface area contributed by atoms with Crippen LogP contribution in [0.1, 0.15) is 20.8 Å². The van der Waals surface area contributed by atoms with Gasteiger partial charge in [-0.3, -0.25) is 10.4 Å². The number of amides is 1. The first-order valence-corrected chi connectivity index (χ1v) is 6.25. The predicted molar refractivity (Wildman–Crippen MR) is 78.3 cm³/mol. The molecule has 6 heteroatoms. The van der Waals surface area contributed by atoms with Gasteiger partial charge in [0, 0.05) is 5.56 Å². The van der Waals surface area contributed by atoms with Crippen molar-refractivity contribution in [2.45, 2.75) is 26.4 Å². The number of carbonyl (C=O) groups excluding carboxylic acids is 1. The number of ether oxygens (including phenoxy) is 1. The molecule has 106 valence electrons. The number of nitrogens with zero attached hydrogens (tertiary/aromatic N) is 1. The summed E-state index contributed by atoms with van der Waals surface area (Å²) in [6, 6.07) is 7.30. The van der Waals surface area contributed by atoms with Crippen LogP contribution in [0.15, 0.2) is 30.5 Å². The Bertz CT molecular complexity index is 614. The molecule has 0 unspecified atom stereocenters. The third-order valence-corrected chi connectivity index (χ3v) is 2.50. The number of hydrogen-bond acceptors (Lipinski definition) is 4. The van der Waals surface area contributed by atoms with Gasteiger partial charge >= 0.3 is 6.09 Å². The maximum atomic E-state index is 11.8. The highest BCUT2D eigenvalue weighted by Crippen LogP contribution is 2.30. The molecule has 1 aromatic carbocycles. The van der Waals surface area contributed by atoms with E-state index in [2.05, 4.69) is 15.5 Å². The van der Waals surface area contributed by atoms with Crippen molar-refractivity contribution in [2.24, 2.45) is 0 Å². The number of rotatable bonds is 2. The van der Waals surface area contributed by atoms with Crippen molar-refractivity contribution in [3.8, 4) is 11.3 Å². The van der Waals surface area contributed by atoms with Crippen LogP contribution in [0.25, 0.3) is 11.3 Å². The molecule has 6 nitrogen and oxygen atoms in total. The van der Waals surface area contributed by atoms with Crippen LogP contribution < -0.4 is 11.1 Å². The fraction of sp³-hybridized carbons (Fsp3) is 0.286. The Labute approximate surface area is 117 Å². The van der Waals surface area contributed by atoms with Gasteiger partial charge in [-0.15, -0.1) is 0 Å². The molecule has 0 aliphatic heterocycles. The molecule has 0 radical (unpaired) electrons. The first-order chi connectivity index (χ1) is 9.37. The minimum Gasteiger partial charge on any atom is -0.444 e. The predicted octanol–water partition coefficient (Wildman–Crippen LogP) is 3.01. The molecule has 20 heavy (non-hydrogen) atoms. The van der Waals surface area contributed by atoms with Crippen molar-refractivity contribution in [1.29, 1.82) is 0 Å². The fourth-order valence-corrected chi connectivity index (χ4v) is 1.73. The molecule has 0 aliphatic carbocycles. The molecule has 0 saturated carbocycles. The average Bonchev–Trinajstić information content (AvgIpc) is 2.73. The normalized spacial score (nSPS) is 11.2. The van der Waals surface area contributed by atoms with Gasteiger partial charge in [-0.1, -0.05) is 18.2 Å². The molecule has 2 rings (SSSR count). The second-order valence-electron chi connectivity index (χ2n) is 5.37. The van der Waals surface area contributed by atoms with Crippen LogP contribution >= 0.6 is 0 Å². The van der Waals surface area contributed by atoms with Crippen molar-refractivity contribution in [3.63, 3.8) is 0 Å². The zero-order chi connectivity index (χ0) is 14.8. The van der Waals surface area contributed by atoms with Crippen LogP contribution in [0.3, 0.4) is 0 Å². The van der Waals surface area contributed by atoms with E-state index in [1.165, 1.54) is 6.20 Å². The Morgan fingerprint density at radius 1 is 1.35 bits per heavy atom. The highest BCUT2D eigenvalue weighted by atomic mass is 16.6. The Morgan fingerprint density at radius 2 is 2.05 bits per heavy atom. The largest absolute Gasteiger partial charge is 0.444 e. The number of H-pyrrole nitrogens is 1. The van der Waals surface area contributed by atoms with E-state index in [0.29, 0.717) is 17.1 Å². The van der Waals surface area contributed by atoms with Crippen LogP contribution in [0.5, 0.6) is 0 Å². The summed E-state index contributed by atoms with van der Waals surface area (Å²) in [5, 5.41) is 9.42. The van der Waals surface area contributed by atoms with Gasteiger partial charge in [-0.2, -0.15) is 5.10 Å². The van der Waals surface area contributed by atoms with Crippen molar-refractivity contribution in [1.82, 2.24) is 10.2 Å². The summed E-state index contributed by atoms with van der Waals surface area (Å²) in [6.07, 6.45) is 1.02. The highest BCUT2D eigenvalue weighted by molar-refractivity contribution is 5.92. The molecule has 2 aromatic rings. The first-order valence-electron chi connectivity index (χ1n) is 6.25. The number of hydrogen-bond donors (Lipinski definition) is 3. The van der Waals surface area contributed by atoms with Crippen molar-refractivity contribution in [3.05, 3.63) is 30.5 Å². The highest BCUT2D eigenvalue weighted by Gasteiger charge is 2.18. The van der Waals surface area contributed by atoms with Gasteiger partial charge in [0.15, 0.2) is 0 Å². The Balaban J connectivity index is 2.26. The molecule has 1 aromatic heterocycles. The number of carbonyl (C=O) groups is 1. The fourth-order valence-electron chi connectivity index (χ4n) is 1.73. The van der Waals surface area contributed by atoms with Crippen molar-refractivity contribution < 1.29 is 9.53 Å². The Hall–Kier alpha value is -2.50. The van der Waals surface area contributed by atoms with E-state index in [0.717, 1.165) is 5.56 Å². The smallest absolute Gasteiger partial charge is 0.412 e. The molecule has 0 aliphatic rings. The molecule has 1 amide bonds. The second kappa shape index (κ2) is 5.24. The summed E-state index contributed by atoms with van der Waals surface area (Å²) in [5.41, 5.74) is 7.83. The van der Waals surface area contributed by atoms with E-state index >= 15 is 0 Å². The van der Waals surface area contributed by atoms with E-state index < -0.39 is 11.7 Å². The molecular weight excluding hydrogens is 256 g/mol. The zero-order valence-corrected chi connectivity index (χ0v) is 11.7. The lowest BCUT2D eigenvalue weighted by Crippen LogP contribution is -2.27. The topological polar surface area (TPSA) is 93.0 Å². The summed E-state index contributed by atoms with van der Waals surface area (Å²) in [5.74, 6) is 0. The lowest BCUT2D eigenvalue weighted by atomic mass is 10.1. The van der Waals surface area contributed by atoms with Crippen molar-refractivity contribution in [2.75, 3.05) is 11.1 Å². The van der Waals surface area contributed by atoms with E-state index in [1.54, 1.807) is 6.07 Å². The van der Waals surface area contributed by atoms with Gasteiger partial charge in [0.25, 0.3) is 0 Å². The molecule has 0 saturated heterocycles. The number of nitrogens with two attached hydrogens (primary N) is 1. The van der Waals surface area contributed by atoms with E-state index in [4.69, 9.17) is 10.5 Å². The number of anilines is 2. The third-order valence-electron chi connectivity index (χ3n) is 2.50. The maximum absolute atomic E-state index is 11.8. The molecule has 0 bridgehead atoms. The summed E-state index contributed by atoms with van der Waals surface area (Å²) >= 11 is 0. The van der Waals surface area contributed by atoms with Gasteiger partial charge in [0.1, 0.15) is 5.60 Å². The van der Waals surface area contributed by atoms with Gasteiger partial charge in [0.05, 0.1) is 23.3 Å². The number of benzene rings is 1. The van der Waals surface area contributed by atoms with Crippen LogP contribution in [0, 0.1) is 0 Å². The number of para-hydroxylation sites is 1. The molecule has 0 atom stereocenters. The standard InChI is InChI=1S/C14H18N4O2/c1-14(2,3)20-13(19)17-11-7-5-4-6-9(11)12-10(15)8-16-18-12/h4-8H,15H2,1-3H3,(H,16,18)(H,17,19). The monoisotopic (exact) mass is 274 g/mol. The number of nitrogen functional groups attached to an aromatic ring is 1. The lowest BCUT2D eigenvalue weighted by molar-refractivity contribution is 0.0636. The van der Waals surface area contributed by atoms with Crippen molar-refractivity contribution >= 4 is 17.5 Å². The second-order valence-corrected chi connectivity index (χ2v) is 5.37. The van der Waals surface area contributed by atoms with E-state index in [9.17, 15) is 4.79 Å². The minimum atomic E-state index is -0.550. The zero-order valence-electron chi connectivity index (χ0n) is 11.7. The quantitative estimate of drug-likeness (QED) is 0.784. The van der Waals surface area contributed by atoms with Crippen LogP contribution in [0.2, 0.25) is 0 Å².